The molecule has 0 spiro atoms. The highest BCUT2D eigenvalue weighted by atomic mass is 19.4. The maximum Gasteiger partial charge on any atom is 0.416 e. The number of phenolic OH excluding ortho intramolecular Hbond substituents is 1. The lowest BCUT2D eigenvalue weighted by Gasteiger charge is -2.22. The molecule has 2 unspecified atom stereocenters. The molecule has 2 atom stereocenters. The summed E-state index contributed by atoms with van der Waals surface area (Å²) in [5.74, 6) is -0.740. The van der Waals surface area contributed by atoms with Crippen molar-refractivity contribution in [2.24, 2.45) is 0 Å². The van der Waals surface area contributed by atoms with E-state index in [1.165, 1.54) is 0 Å². The van der Waals surface area contributed by atoms with Crippen LogP contribution in [0.4, 0.5) is 18.0 Å². The van der Waals surface area contributed by atoms with Gasteiger partial charge >= 0.3 is 12.3 Å². The number of hydrogen-bond donors (Lipinski definition) is 4. The lowest BCUT2D eigenvalue weighted by molar-refractivity contribution is -0.140. The van der Waals surface area contributed by atoms with Gasteiger partial charge in [0.2, 0.25) is 0 Å². The second kappa shape index (κ2) is 9.97. The van der Waals surface area contributed by atoms with Crippen molar-refractivity contribution in [1.82, 2.24) is 5.32 Å². The Labute approximate surface area is 199 Å². The Morgan fingerprint density at radius 1 is 0.971 bits per heavy atom. The normalized spacial score (nSPS) is 14.7. The standard InChI is InChI=1S/C26H24F3NO5/c27-26(28,29)22-13-15(31)9-10-20(22)24(33)23(32)11-12-30-25(34)35-14-21-18-7-3-1-5-16(18)17-6-2-4-8-19(17)21/h1-10,13,21,23-24,31-33H,11-12,14H2,(H,30,34). The quantitative estimate of drug-likeness (QED) is 0.386. The molecular formula is C26H24F3NO5. The summed E-state index contributed by atoms with van der Waals surface area (Å²) in [7, 11) is 0. The van der Waals surface area contributed by atoms with Crippen LogP contribution in [0.1, 0.15) is 40.7 Å². The number of carbonyl (C=O) groups is 1. The number of fused-ring (bicyclic) bond motifs is 3. The maximum absolute atomic E-state index is 13.2. The van der Waals surface area contributed by atoms with Crippen molar-refractivity contribution < 1.29 is 38.0 Å². The van der Waals surface area contributed by atoms with Crippen LogP contribution >= 0.6 is 0 Å². The van der Waals surface area contributed by atoms with Gasteiger partial charge in [-0.1, -0.05) is 54.6 Å². The zero-order chi connectivity index (χ0) is 25.2. The summed E-state index contributed by atoms with van der Waals surface area (Å²) in [5.41, 5.74) is 2.46. The number of aliphatic hydroxyl groups is 2. The molecule has 0 heterocycles. The molecule has 0 aromatic heterocycles. The first-order valence-electron chi connectivity index (χ1n) is 11.0. The molecule has 9 heteroatoms. The van der Waals surface area contributed by atoms with Crippen LogP contribution in [0.15, 0.2) is 66.7 Å². The van der Waals surface area contributed by atoms with E-state index in [1.807, 2.05) is 48.5 Å². The van der Waals surface area contributed by atoms with Gasteiger partial charge in [0.1, 0.15) is 18.5 Å². The monoisotopic (exact) mass is 487 g/mol. The van der Waals surface area contributed by atoms with Gasteiger partial charge in [-0.3, -0.25) is 0 Å². The van der Waals surface area contributed by atoms with Gasteiger partial charge in [0.25, 0.3) is 0 Å². The van der Waals surface area contributed by atoms with Crippen molar-refractivity contribution in [1.29, 1.82) is 0 Å². The molecule has 1 aliphatic carbocycles. The van der Waals surface area contributed by atoms with Crippen molar-refractivity contribution in [3.05, 3.63) is 89.0 Å². The molecular weight excluding hydrogens is 463 g/mol. The Bertz CT molecular complexity index is 1170. The van der Waals surface area contributed by atoms with E-state index >= 15 is 0 Å². The lowest BCUT2D eigenvalue weighted by Crippen LogP contribution is -2.31. The summed E-state index contributed by atoms with van der Waals surface area (Å²) in [4.78, 5) is 12.2. The molecule has 35 heavy (non-hydrogen) atoms. The number of phenols is 1. The van der Waals surface area contributed by atoms with Crippen LogP contribution in [0.25, 0.3) is 11.1 Å². The third kappa shape index (κ3) is 5.26. The first-order chi connectivity index (χ1) is 16.7. The van der Waals surface area contributed by atoms with Crippen molar-refractivity contribution in [3.8, 4) is 16.9 Å². The van der Waals surface area contributed by atoms with Gasteiger partial charge < -0.3 is 25.4 Å². The molecule has 0 bridgehead atoms. The lowest BCUT2D eigenvalue weighted by atomic mass is 9.96. The molecule has 3 aromatic carbocycles. The second-order valence-electron chi connectivity index (χ2n) is 8.32. The summed E-state index contributed by atoms with van der Waals surface area (Å²) < 4.78 is 45.1. The van der Waals surface area contributed by atoms with Crippen molar-refractivity contribution in [2.45, 2.75) is 30.7 Å². The van der Waals surface area contributed by atoms with E-state index in [9.17, 15) is 33.3 Å². The molecule has 4 rings (SSSR count). The topological polar surface area (TPSA) is 99.0 Å². The Hall–Kier alpha value is -3.56. The summed E-state index contributed by atoms with van der Waals surface area (Å²) in [6.07, 6.45) is -9.24. The van der Waals surface area contributed by atoms with E-state index in [0.29, 0.717) is 6.07 Å². The van der Waals surface area contributed by atoms with E-state index in [-0.39, 0.29) is 25.5 Å². The minimum Gasteiger partial charge on any atom is -0.508 e. The molecule has 3 aromatic rings. The van der Waals surface area contributed by atoms with Gasteiger partial charge in [-0.05, 0) is 46.4 Å². The number of nitrogens with one attached hydrogen (secondary N) is 1. The highest BCUT2D eigenvalue weighted by Gasteiger charge is 2.37. The van der Waals surface area contributed by atoms with Gasteiger partial charge in [0, 0.05) is 12.5 Å². The molecule has 4 N–H and O–H groups in total. The van der Waals surface area contributed by atoms with Crippen molar-refractivity contribution >= 4 is 6.09 Å². The zero-order valence-electron chi connectivity index (χ0n) is 18.5. The average molecular weight is 487 g/mol. The maximum atomic E-state index is 13.2. The number of halogens is 3. The van der Waals surface area contributed by atoms with Gasteiger partial charge in [-0.15, -0.1) is 0 Å². The highest BCUT2D eigenvalue weighted by Crippen LogP contribution is 2.44. The number of ether oxygens (including phenoxy) is 1. The summed E-state index contributed by atoms with van der Waals surface area (Å²) in [5, 5.41) is 32.2. The van der Waals surface area contributed by atoms with E-state index in [4.69, 9.17) is 4.74 Å². The number of hydrogen-bond acceptors (Lipinski definition) is 5. The van der Waals surface area contributed by atoms with E-state index < -0.39 is 41.4 Å². The fourth-order valence-electron chi connectivity index (χ4n) is 4.38. The number of rotatable bonds is 7. The average Bonchev–Trinajstić information content (AvgIpc) is 3.15. The summed E-state index contributed by atoms with van der Waals surface area (Å²) >= 11 is 0. The summed E-state index contributed by atoms with van der Waals surface area (Å²) in [6.45, 7) is -0.0399. The third-order valence-corrected chi connectivity index (χ3v) is 6.08. The second-order valence-corrected chi connectivity index (χ2v) is 8.32. The van der Waals surface area contributed by atoms with Gasteiger partial charge in [0.05, 0.1) is 11.7 Å². The smallest absolute Gasteiger partial charge is 0.416 e. The van der Waals surface area contributed by atoms with Gasteiger partial charge in [0.15, 0.2) is 0 Å². The number of benzene rings is 3. The minimum atomic E-state index is -4.83. The van der Waals surface area contributed by atoms with Crippen LogP contribution in [0, 0.1) is 0 Å². The van der Waals surface area contributed by atoms with Gasteiger partial charge in [-0.25, -0.2) is 4.79 Å². The van der Waals surface area contributed by atoms with Crippen LogP contribution in [-0.4, -0.2) is 40.7 Å². The van der Waals surface area contributed by atoms with E-state index in [1.54, 1.807) is 0 Å². The zero-order valence-corrected chi connectivity index (χ0v) is 18.5. The predicted octanol–water partition coefficient (Wildman–Crippen LogP) is 4.73. The molecule has 1 amide bonds. The fourth-order valence-corrected chi connectivity index (χ4v) is 4.38. The number of aromatic hydroxyl groups is 1. The third-order valence-electron chi connectivity index (χ3n) is 6.08. The van der Waals surface area contributed by atoms with Gasteiger partial charge in [-0.2, -0.15) is 13.2 Å². The van der Waals surface area contributed by atoms with Crippen molar-refractivity contribution in [3.63, 3.8) is 0 Å². The molecule has 0 aliphatic heterocycles. The van der Waals surface area contributed by atoms with Crippen LogP contribution < -0.4 is 5.32 Å². The number of aliphatic hydroxyl groups excluding tert-OH is 2. The molecule has 6 nitrogen and oxygen atoms in total. The van der Waals surface area contributed by atoms with Crippen molar-refractivity contribution in [2.75, 3.05) is 13.2 Å². The van der Waals surface area contributed by atoms with Crippen LogP contribution in [0.3, 0.4) is 0 Å². The minimum absolute atomic E-state index is 0.0908. The number of amides is 1. The van der Waals surface area contributed by atoms with E-state index in [0.717, 1.165) is 34.4 Å². The number of carbonyl (C=O) groups excluding carboxylic acids is 1. The SMILES string of the molecule is O=C(NCCC(O)C(O)c1ccc(O)cc1C(F)(F)F)OCC1c2ccccc2-c2ccccc21. The predicted molar refractivity (Wildman–Crippen MR) is 122 cm³/mol. The highest BCUT2D eigenvalue weighted by molar-refractivity contribution is 5.79. The van der Waals surface area contributed by atoms with Crippen LogP contribution in [0.2, 0.25) is 0 Å². The largest absolute Gasteiger partial charge is 0.508 e. The molecule has 0 saturated heterocycles. The first kappa shape index (κ1) is 24.6. The molecule has 184 valence electrons. The molecule has 0 radical (unpaired) electrons. The Balaban J connectivity index is 1.31. The molecule has 0 fully saturated rings. The van der Waals surface area contributed by atoms with Crippen LogP contribution in [0.5, 0.6) is 5.75 Å². The Morgan fingerprint density at radius 3 is 2.17 bits per heavy atom. The number of alkyl carbamates (subject to hydrolysis) is 1. The fraction of sp³-hybridized carbons (Fsp3) is 0.269. The molecule has 1 aliphatic rings. The Morgan fingerprint density at radius 2 is 1.57 bits per heavy atom. The first-order valence-corrected chi connectivity index (χ1v) is 11.0. The number of alkyl halides is 3. The van der Waals surface area contributed by atoms with E-state index in [2.05, 4.69) is 5.32 Å². The van der Waals surface area contributed by atoms with Crippen LogP contribution in [-0.2, 0) is 10.9 Å². The summed E-state index contributed by atoms with van der Waals surface area (Å²) in [6, 6.07) is 18.1. The molecule has 0 saturated carbocycles. The Kier molecular flexibility index (Phi) is 7.00.